The number of carbonyl (C=O) groups is 2. The number of nitrogens with one attached hydrogen (secondary N) is 2. The lowest BCUT2D eigenvalue weighted by Crippen LogP contribution is -2.30. The van der Waals surface area contributed by atoms with E-state index in [9.17, 15) is 9.59 Å². The quantitative estimate of drug-likeness (QED) is 0.573. The number of primary amides is 1. The van der Waals surface area contributed by atoms with Crippen LogP contribution in [-0.2, 0) is 17.6 Å². The number of carbonyl (C=O) groups excluding carboxylic acids is 2. The van der Waals surface area contributed by atoms with Crippen LogP contribution in [0.4, 0.5) is 5.00 Å². The largest absolute Gasteiger partial charge is 0.365 e. The maximum Gasteiger partial charge on any atom is 0.251 e. The van der Waals surface area contributed by atoms with E-state index in [0.717, 1.165) is 36.8 Å². The minimum atomic E-state index is -0.461. The predicted molar refractivity (Wildman–Crippen MR) is 118 cm³/mol. The van der Waals surface area contributed by atoms with Gasteiger partial charge in [0.25, 0.3) is 5.91 Å². The third-order valence-corrected chi connectivity index (χ3v) is 6.74. The first-order chi connectivity index (χ1) is 14.0. The van der Waals surface area contributed by atoms with Gasteiger partial charge in [0.05, 0.1) is 12.1 Å². The van der Waals surface area contributed by atoms with Gasteiger partial charge in [-0.15, -0.1) is 11.3 Å². The molecule has 0 saturated carbocycles. The fraction of sp³-hybridized carbons (Fsp3) is 0.304. The second-order valence-electron chi connectivity index (χ2n) is 7.50. The van der Waals surface area contributed by atoms with Crippen LogP contribution in [0.5, 0.6) is 0 Å². The van der Waals surface area contributed by atoms with Crippen molar-refractivity contribution in [3.05, 3.63) is 64.0 Å². The van der Waals surface area contributed by atoms with Crippen LogP contribution in [0.2, 0.25) is 0 Å². The van der Waals surface area contributed by atoms with Crippen molar-refractivity contribution in [3.63, 3.8) is 0 Å². The van der Waals surface area contributed by atoms with Crippen LogP contribution in [0.1, 0.15) is 52.2 Å². The lowest BCUT2D eigenvalue weighted by atomic mass is 9.95. The fourth-order valence-electron chi connectivity index (χ4n) is 4.07. The third kappa shape index (κ3) is 4.04. The molecule has 0 spiro atoms. The average molecular weight is 408 g/mol. The molecule has 1 aliphatic rings. The number of hydrogen-bond acceptors (Lipinski definition) is 4. The molecule has 1 atom stereocenters. The Morgan fingerprint density at radius 1 is 1.10 bits per heavy atom. The van der Waals surface area contributed by atoms with Crippen LogP contribution in [0.15, 0.2) is 42.5 Å². The number of benzene rings is 2. The molecule has 4 rings (SSSR count). The standard InChI is InChI=1S/C23H25N3O2S/c1-14(16-11-6-8-15-7-2-3-9-17(15)16)25-13-20(27)26-23-21(22(24)28)18-10-4-5-12-19(18)29-23/h2-3,6-9,11,14,25H,4-5,10,12-13H2,1H3,(H2,24,28)(H,26,27)/t14-/m0/s1. The van der Waals surface area contributed by atoms with Crippen molar-refractivity contribution >= 4 is 38.9 Å². The highest BCUT2D eigenvalue weighted by Crippen LogP contribution is 2.37. The van der Waals surface area contributed by atoms with Gasteiger partial charge in [-0.1, -0.05) is 42.5 Å². The van der Waals surface area contributed by atoms with Crippen molar-refractivity contribution in [2.24, 2.45) is 5.73 Å². The summed E-state index contributed by atoms with van der Waals surface area (Å²) < 4.78 is 0. The van der Waals surface area contributed by atoms with Crippen molar-refractivity contribution in [2.75, 3.05) is 11.9 Å². The minimum Gasteiger partial charge on any atom is -0.365 e. The summed E-state index contributed by atoms with van der Waals surface area (Å²) in [4.78, 5) is 25.7. The van der Waals surface area contributed by atoms with E-state index >= 15 is 0 Å². The van der Waals surface area contributed by atoms with Gasteiger partial charge in [-0.3, -0.25) is 9.59 Å². The molecule has 150 valence electrons. The molecular formula is C23H25N3O2S. The van der Waals surface area contributed by atoms with Gasteiger partial charge in [-0.2, -0.15) is 0 Å². The Balaban J connectivity index is 1.45. The second kappa shape index (κ2) is 8.35. The van der Waals surface area contributed by atoms with Gasteiger partial charge >= 0.3 is 0 Å². The summed E-state index contributed by atoms with van der Waals surface area (Å²) in [6, 6.07) is 14.4. The van der Waals surface area contributed by atoms with Crippen LogP contribution in [0, 0.1) is 0 Å². The molecule has 0 bridgehead atoms. The highest BCUT2D eigenvalue weighted by Gasteiger charge is 2.25. The molecule has 6 heteroatoms. The van der Waals surface area contributed by atoms with E-state index in [1.54, 1.807) is 0 Å². The van der Waals surface area contributed by atoms with Crippen LogP contribution in [-0.4, -0.2) is 18.4 Å². The first kappa shape index (κ1) is 19.6. The molecule has 5 nitrogen and oxygen atoms in total. The van der Waals surface area contributed by atoms with E-state index in [1.807, 2.05) is 25.1 Å². The molecular weight excluding hydrogens is 382 g/mol. The van der Waals surface area contributed by atoms with Gasteiger partial charge in [0.15, 0.2) is 0 Å². The lowest BCUT2D eigenvalue weighted by molar-refractivity contribution is -0.115. The van der Waals surface area contributed by atoms with Gasteiger partial charge in [0, 0.05) is 10.9 Å². The summed E-state index contributed by atoms with van der Waals surface area (Å²) in [5, 5.41) is 9.16. The third-order valence-electron chi connectivity index (χ3n) is 5.53. The summed E-state index contributed by atoms with van der Waals surface area (Å²) in [6.45, 7) is 2.21. The summed E-state index contributed by atoms with van der Waals surface area (Å²) in [6.07, 6.45) is 3.98. The number of aryl methyl sites for hydroxylation is 1. The Hall–Kier alpha value is -2.70. The normalized spacial score (nSPS) is 14.4. The zero-order valence-electron chi connectivity index (χ0n) is 16.5. The summed E-state index contributed by atoms with van der Waals surface area (Å²) in [5.41, 5.74) is 8.29. The molecule has 1 aromatic heterocycles. The monoisotopic (exact) mass is 407 g/mol. The number of amides is 2. The second-order valence-corrected chi connectivity index (χ2v) is 8.60. The van der Waals surface area contributed by atoms with E-state index in [-0.39, 0.29) is 18.5 Å². The zero-order chi connectivity index (χ0) is 20.4. The molecule has 2 amide bonds. The molecule has 4 N–H and O–H groups in total. The van der Waals surface area contributed by atoms with Gasteiger partial charge in [0.1, 0.15) is 5.00 Å². The minimum absolute atomic E-state index is 0.0130. The van der Waals surface area contributed by atoms with Crippen molar-refractivity contribution in [1.82, 2.24) is 5.32 Å². The van der Waals surface area contributed by atoms with Crippen LogP contribution in [0.3, 0.4) is 0 Å². The molecule has 1 aliphatic carbocycles. The first-order valence-corrected chi connectivity index (χ1v) is 10.8. The molecule has 0 saturated heterocycles. The van der Waals surface area contributed by atoms with E-state index in [1.165, 1.54) is 27.0 Å². The summed E-state index contributed by atoms with van der Waals surface area (Å²) in [5.74, 6) is -0.630. The number of hydrogen-bond donors (Lipinski definition) is 3. The van der Waals surface area contributed by atoms with E-state index in [2.05, 4.69) is 34.9 Å². The molecule has 0 fully saturated rings. The van der Waals surface area contributed by atoms with Crippen molar-refractivity contribution in [3.8, 4) is 0 Å². The SMILES string of the molecule is C[C@H](NCC(=O)Nc1sc2c(c1C(N)=O)CCCC2)c1cccc2ccccc12. The van der Waals surface area contributed by atoms with Crippen LogP contribution in [0.25, 0.3) is 10.8 Å². The maximum atomic E-state index is 12.6. The number of fused-ring (bicyclic) bond motifs is 2. The smallest absolute Gasteiger partial charge is 0.251 e. The molecule has 3 aromatic rings. The van der Waals surface area contributed by atoms with Gasteiger partial charge in [-0.25, -0.2) is 0 Å². The zero-order valence-corrected chi connectivity index (χ0v) is 17.3. The summed E-state index contributed by atoms with van der Waals surface area (Å²) in [7, 11) is 0. The molecule has 29 heavy (non-hydrogen) atoms. The van der Waals surface area contributed by atoms with Crippen LogP contribution >= 0.6 is 11.3 Å². The fourth-order valence-corrected chi connectivity index (χ4v) is 5.38. The highest BCUT2D eigenvalue weighted by atomic mass is 32.1. The van der Waals surface area contributed by atoms with Crippen molar-refractivity contribution in [1.29, 1.82) is 0 Å². The highest BCUT2D eigenvalue weighted by molar-refractivity contribution is 7.17. The Bertz CT molecular complexity index is 1070. The predicted octanol–water partition coefficient (Wildman–Crippen LogP) is 4.17. The van der Waals surface area contributed by atoms with Crippen molar-refractivity contribution < 1.29 is 9.59 Å². The first-order valence-electron chi connectivity index (χ1n) is 10.00. The number of nitrogens with two attached hydrogens (primary N) is 1. The maximum absolute atomic E-state index is 12.6. The lowest BCUT2D eigenvalue weighted by Gasteiger charge is -2.16. The average Bonchev–Trinajstić information content (AvgIpc) is 3.09. The molecule has 0 unspecified atom stereocenters. The molecule has 2 aromatic carbocycles. The number of rotatable bonds is 6. The topological polar surface area (TPSA) is 84.2 Å². The van der Waals surface area contributed by atoms with Gasteiger partial charge < -0.3 is 16.4 Å². The Labute approximate surface area is 174 Å². The molecule has 0 aliphatic heterocycles. The number of anilines is 1. The van der Waals surface area contributed by atoms with E-state index < -0.39 is 5.91 Å². The van der Waals surface area contributed by atoms with E-state index in [4.69, 9.17) is 5.73 Å². The Morgan fingerprint density at radius 2 is 1.86 bits per heavy atom. The van der Waals surface area contributed by atoms with Crippen LogP contribution < -0.4 is 16.4 Å². The number of thiophene rings is 1. The Kier molecular flexibility index (Phi) is 5.65. The van der Waals surface area contributed by atoms with Gasteiger partial charge in [0.2, 0.25) is 5.91 Å². The molecule has 1 heterocycles. The van der Waals surface area contributed by atoms with E-state index in [0.29, 0.717) is 10.6 Å². The summed E-state index contributed by atoms with van der Waals surface area (Å²) >= 11 is 1.49. The molecule has 0 radical (unpaired) electrons. The van der Waals surface area contributed by atoms with Gasteiger partial charge in [-0.05, 0) is 54.5 Å². The van der Waals surface area contributed by atoms with Crippen molar-refractivity contribution in [2.45, 2.75) is 38.6 Å². The Morgan fingerprint density at radius 3 is 2.69 bits per heavy atom.